The van der Waals surface area contributed by atoms with Crippen LogP contribution in [0.4, 0.5) is 0 Å². The monoisotopic (exact) mass is 284 g/mol. The predicted molar refractivity (Wildman–Crippen MR) is 83.6 cm³/mol. The van der Waals surface area contributed by atoms with Crippen LogP contribution in [0.25, 0.3) is 11.1 Å². The molecule has 0 saturated carbocycles. The van der Waals surface area contributed by atoms with Crippen molar-refractivity contribution in [2.45, 2.75) is 26.7 Å². The molecule has 0 spiro atoms. The molecule has 0 unspecified atom stereocenters. The molecule has 4 nitrogen and oxygen atoms in total. The van der Waals surface area contributed by atoms with E-state index in [1.807, 2.05) is 19.2 Å². The van der Waals surface area contributed by atoms with Gasteiger partial charge in [0.2, 0.25) is 5.91 Å². The number of rotatable bonds is 4. The number of amides is 1. The van der Waals surface area contributed by atoms with E-state index in [0.29, 0.717) is 17.2 Å². The van der Waals surface area contributed by atoms with E-state index in [1.54, 1.807) is 25.3 Å². The maximum absolute atomic E-state index is 11.4. The second kappa shape index (κ2) is 5.95. The maximum Gasteiger partial charge on any atom is 0.248 e. The number of aryl methyl sites for hydroxylation is 1. The van der Waals surface area contributed by atoms with Crippen molar-refractivity contribution >= 4 is 5.91 Å². The maximum atomic E-state index is 11.4. The van der Waals surface area contributed by atoms with Gasteiger partial charge in [0.25, 0.3) is 0 Å². The number of carbonyl (C=O) groups is 1. The lowest BCUT2D eigenvalue weighted by Crippen LogP contribution is -2.11. The van der Waals surface area contributed by atoms with Gasteiger partial charge in [0.15, 0.2) is 0 Å². The van der Waals surface area contributed by atoms with Crippen LogP contribution in [0.5, 0.6) is 5.75 Å². The smallest absolute Gasteiger partial charge is 0.248 e. The van der Waals surface area contributed by atoms with Gasteiger partial charge in [-0.3, -0.25) is 9.78 Å². The molecule has 2 N–H and O–H groups in total. The minimum atomic E-state index is -0.448. The molecular weight excluding hydrogens is 264 g/mol. The van der Waals surface area contributed by atoms with Crippen molar-refractivity contribution in [2.75, 3.05) is 7.11 Å². The molecule has 1 aromatic carbocycles. The molecule has 0 atom stereocenters. The van der Waals surface area contributed by atoms with E-state index in [0.717, 1.165) is 22.4 Å². The van der Waals surface area contributed by atoms with Crippen molar-refractivity contribution in [2.24, 2.45) is 5.73 Å². The third-order valence-electron chi connectivity index (χ3n) is 3.47. The zero-order valence-electron chi connectivity index (χ0n) is 12.8. The first-order chi connectivity index (χ1) is 9.93. The molecule has 0 aliphatic rings. The molecule has 0 aliphatic carbocycles. The molecule has 0 aliphatic heterocycles. The Bertz CT molecular complexity index is 678. The van der Waals surface area contributed by atoms with E-state index >= 15 is 0 Å². The average molecular weight is 284 g/mol. The van der Waals surface area contributed by atoms with Crippen LogP contribution in [-0.4, -0.2) is 18.0 Å². The highest BCUT2D eigenvalue weighted by Crippen LogP contribution is 2.36. The van der Waals surface area contributed by atoms with Gasteiger partial charge in [-0.15, -0.1) is 0 Å². The van der Waals surface area contributed by atoms with Gasteiger partial charge in [0.1, 0.15) is 5.75 Å². The molecule has 0 radical (unpaired) electrons. The van der Waals surface area contributed by atoms with E-state index in [4.69, 9.17) is 10.5 Å². The standard InChI is InChI=1S/C17H20N2O2/c1-10(2)15-9-19-11(3)7-13(15)14-8-12(17(18)20)5-6-16(14)21-4/h5-10H,1-4H3,(H2,18,20). The lowest BCUT2D eigenvalue weighted by Gasteiger charge is -2.16. The molecule has 21 heavy (non-hydrogen) atoms. The fraction of sp³-hybridized carbons (Fsp3) is 0.294. The number of nitrogens with two attached hydrogens (primary N) is 1. The van der Waals surface area contributed by atoms with Gasteiger partial charge in [-0.25, -0.2) is 0 Å². The SMILES string of the molecule is COc1ccc(C(N)=O)cc1-c1cc(C)ncc1C(C)C. The topological polar surface area (TPSA) is 65.2 Å². The highest BCUT2D eigenvalue weighted by Gasteiger charge is 2.15. The van der Waals surface area contributed by atoms with Gasteiger partial charge in [-0.1, -0.05) is 13.8 Å². The second-order valence-electron chi connectivity index (χ2n) is 5.35. The number of ether oxygens (including phenoxy) is 1. The molecule has 2 rings (SSSR count). The van der Waals surface area contributed by atoms with E-state index in [1.165, 1.54) is 0 Å². The van der Waals surface area contributed by atoms with Crippen LogP contribution in [0.1, 0.15) is 41.4 Å². The summed E-state index contributed by atoms with van der Waals surface area (Å²) < 4.78 is 5.44. The van der Waals surface area contributed by atoms with Crippen LogP contribution in [0.2, 0.25) is 0 Å². The van der Waals surface area contributed by atoms with E-state index in [9.17, 15) is 4.79 Å². The van der Waals surface area contributed by atoms with Crippen LogP contribution >= 0.6 is 0 Å². The first kappa shape index (κ1) is 15.0. The van der Waals surface area contributed by atoms with Gasteiger partial charge < -0.3 is 10.5 Å². The minimum Gasteiger partial charge on any atom is -0.496 e. The van der Waals surface area contributed by atoms with Gasteiger partial charge in [0.05, 0.1) is 7.11 Å². The summed E-state index contributed by atoms with van der Waals surface area (Å²) in [6.45, 7) is 6.17. The van der Waals surface area contributed by atoms with Gasteiger partial charge in [-0.05, 0) is 48.2 Å². The lowest BCUT2D eigenvalue weighted by molar-refractivity contribution is 0.100. The van der Waals surface area contributed by atoms with Crippen molar-refractivity contribution in [1.82, 2.24) is 4.98 Å². The van der Waals surface area contributed by atoms with Crippen molar-refractivity contribution < 1.29 is 9.53 Å². The highest BCUT2D eigenvalue weighted by molar-refractivity contribution is 5.95. The molecule has 1 amide bonds. The van der Waals surface area contributed by atoms with Crippen LogP contribution in [-0.2, 0) is 0 Å². The number of pyridine rings is 1. The van der Waals surface area contributed by atoms with Crippen molar-refractivity contribution in [3.8, 4) is 16.9 Å². The Kier molecular flexibility index (Phi) is 4.26. The Morgan fingerprint density at radius 3 is 2.52 bits per heavy atom. The van der Waals surface area contributed by atoms with E-state index in [-0.39, 0.29) is 0 Å². The summed E-state index contributed by atoms with van der Waals surface area (Å²) in [6, 6.07) is 7.24. The van der Waals surface area contributed by atoms with E-state index < -0.39 is 5.91 Å². The summed E-state index contributed by atoms with van der Waals surface area (Å²) in [5.41, 5.74) is 9.77. The highest BCUT2D eigenvalue weighted by atomic mass is 16.5. The second-order valence-corrected chi connectivity index (χ2v) is 5.35. The molecular formula is C17H20N2O2. The molecule has 2 aromatic rings. The molecule has 1 heterocycles. The fourth-order valence-corrected chi connectivity index (χ4v) is 2.34. The van der Waals surface area contributed by atoms with Crippen molar-refractivity contribution in [1.29, 1.82) is 0 Å². The quantitative estimate of drug-likeness (QED) is 0.937. The minimum absolute atomic E-state index is 0.315. The fourth-order valence-electron chi connectivity index (χ4n) is 2.34. The number of carbonyl (C=O) groups excluding carboxylic acids is 1. The first-order valence-electron chi connectivity index (χ1n) is 6.88. The molecule has 1 aromatic heterocycles. The summed E-state index contributed by atoms with van der Waals surface area (Å²) >= 11 is 0. The van der Waals surface area contributed by atoms with Gasteiger partial charge >= 0.3 is 0 Å². The summed E-state index contributed by atoms with van der Waals surface area (Å²) in [6.07, 6.45) is 1.88. The van der Waals surface area contributed by atoms with Crippen LogP contribution in [0, 0.1) is 6.92 Å². The Morgan fingerprint density at radius 1 is 1.24 bits per heavy atom. The normalized spacial score (nSPS) is 10.7. The lowest BCUT2D eigenvalue weighted by atomic mass is 9.92. The predicted octanol–water partition coefficient (Wildman–Crippen LogP) is 3.29. The van der Waals surface area contributed by atoms with Crippen LogP contribution in [0.15, 0.2) is 30.5 Å². The van der Waals surface area contributed by atoms with Crippen LogP contribution in [0.3, 0.4) is 0 Å². The Morgan fingerprint density at radius 2 is 1.95 bits per heavy atom. The van der Waals surface area contributed by atoms with E-state index in [2.05, 4.69) is 18.8 Å². The number of aromatic nitrogens is 1. The third kappa shape index (κ3) is 3.05. The number of hydrogen-bond donors (Lipinski definition) is 1. The van der Waals surface area contributed by atoms with Crippen molar-refractivity contribution in [3.63, 3.8) is 0 Å². The number of hydrogen-bond acceptors (Lipinski definition) is 3. The largest absolute Gasteiger partial charge is 0.496 e. The first-order valence-corrected chi connectivity index (χ1v) is 6.88. The molecule has 0 bridgehead atoms. The molecule has 0 fully saturated rings. The summed E-state index contributed by atoms with van der Waals surface area (Å²) in [5.74, 6) is 0.582. The Hall–Kier alpha value is -2.36. The molecule has 4 heteroatoms. The number of benzene rings is 1. The molecule has 0 saturated heterocycles. The van der Waals surface area contributed by atoms with Gasteiger partial charge in [0, 0.05) is 23.0 Å². The number of nitrogens with zero attached hydrogens (tertiary/aromatic N) is 1. The van der Waals surface area contributed by atoms with Gasteiger partial charge in [-0.2, -0.15) is 0 Å². The number of primary amides is 1. The molecule has 110 valence electrons. The number of methoxy groups -OCH3 is 1. The Balaban J connectivity index is 2.72. The zero-order valence-corrected chi connectivity index (χ0v) is 12.8. The third-order valence-corrected chi connectivity index (χ3v) is 3.47. The summed E-state index contributed by atoms with van der Waals surface area (Å²) in [5, 5.41) is 0. The Labute approximate surface area is 125 Å². The zero-order chi connectivity index (χ0) is 15.6. The van der Waals surface area contributed by atoms with Crippen LogP contribution < -0.4 is 10.5 Å². The summed E-state index contributed by atoms with van der Waals surface area (Å²) in [7, 11) is 1.62. The average Bonchev–Trinajstić information content (AvgIpc) is 2.46. The summed E-state index contributed by atoms with van der Waals surface area (Å²) in [4.78, 5) is 15.8. The van der Waals surface area contributed by atoms with Crippen molar-refractivity contribution in [3.05, 3.63) is 47.3 Å².